The molecule has 2 rings (SSSR count). The largest absolute Gasteiger partial charge is 0.476 e. The van der Waals surface area contributed by atoms with Crippen molar-refractivity contribution in [1.82, 2.24) is 5.32 Å². The molecule has 2 aromatic carbocycles. The van der Waals surface area contributed by atoms with Crippen LogP contribution in [0.1, 0.15) is 31.4 Å². The number of esters is 1. The van der Waals surface area contributed by atoms with Crippen LogP contribution in [0, 0.1) is 0 Å². The maximum Gasteiger partial charge on any atom is 0.407 e. The summed E-state index contributed by atoms with van der Waals surface area (Å²) in [6, 6.07) is 16.9. The lowest BCUT2D eigenvalue weighted by Gasteiger charge is -2.26. The van der Waals surface area contributed by atoms with Crippen molar-refractivity contribution in [2.45, 2.75) is 38.9 Å². The Kier molecular flexibility index (Phi) is 7.87. The van der Waals surface area contributed by atoms with Crippen molar-refractivity contribution in [3.8, 4) is 5.75 Å². The molecule has 6 nitrogen and oxygen atoms in total. The van der Waals surface area contributed by atoms with Crippen LogP contribution in [-0.2, 0) is 27.3 Å². The van der Waals surface area contributed by atoms with Crippen molar-refractivity contribution < 1.29 is 23.8 Å². The molecule has 1 N–H and O–H groups in total. The van der Waals surface area contributed by atoms with Crippen LogP contribution >= 0.6 is 0 Å². The molecule has 0 bridgehead atoms. The van der Waals surface area contributed by atoms with E-state index in [9.17, 15) is 9.59 Å². The molecule has 0 aliphatic carbocycles. The van der Waals surface area contributed by atoms with Gasteiger partial charge in [-0.3, -0.25) is 0 Å². The third-order valence-corrected chi connectivity index (χ3v) is 4.45. The zero-order valence-corrected chi connectivity index (χ0v) is 16.6. The summed E-state index contributed by atoms with van der Waals surface area (Å²) in [6.45, 7) is 4.28. The predicted molar refractivity (Wildman–Crippen MR) is 106 cm³/mol. The molecule has 28 heavy (non-hydrogen) atoms. The van der Waals surface area contributed by atoms with Gasteiger partial charge in [-0.2, -0.15) is 0 Å². The molecule has 1 amide bonds. The molecule has 0 fully saturated rings. The molecule has 1 unspecified atom stereocenters. The summed E-state index contributed by atoms with van der Waals surface area (Å²) in [7, 11) is 1.35. The number of rotatable bonds is 9. The van der Waals surface area contributed by atoms with Crippen molar-refractivity contribution in [1.29, 1.82) is 0 Å². The fourth-order valence-electron chi connectivity index (χ4n) is 2.54. The molecule has 0 spiro atoms. The Morgan fingerprint density at radius 1 is 1.00 bits per heavy atom. The number of benzene rings is 2. The van der Waals surface area contributed by atoms with Crippen LogP contribution in [0.15, 0.2) is 54.6 Å². The zero-order chi connectivity index (χ0) is 20.4. The number of carbonyl (C=O) groups excluding carboxylic acids is 2. The first kappa shape index (κ1) is 21.3. The second kappa shape index (κ2) is 10.3. The van der Waals surface area contributed by atoms with Gasteiger partial charge in [0.15, 0.2) is 0 Å². The average molecular weight is 385 g/mol. The SMILES string of the molecule is CCC(C)(Oc1ccc(CCNC(=O)OCc2ccccc2)cc1)C(=O)OC. The van der Waals surface area contributed by atoms with E-state index in [0.717, 1.165) is 11.1 Å². The summed E-state index contributed by atoms with van der Waals surface area (Å²) in [5.41, 5.74) is 0.964. The highest BCUT2D eigenvalue weighted by Gasteiger charge is 2.34. The molecule has 150 valence electrons. The molecule has 1 atom stereocenters. The molecule has 2 aromatic rings. The van der Waals surface area contributed by atoms with Crippen LogP contribution in [0.25, 0.3) is 0 Å². The lowest BCUT2D eigenvalue weighted by molar-refractivity contribution is -0.157. The molecule has 0 aromatic heterocycles. The molecule has 0 radical (unpaired) electrons. The minimum absolute atomic E-state index is 0.245. The molecule has 0 aliphatic rings. The number of hydrogen-bond acceptors (Lipinski definition) is 5. The van der Waals surface area contributed by atoms with Crippen LogP contribution in [0.3, 0.4) is 0 Å². The maximum absolute atomic E-state index is 11.9. The third-order valence-electron chi connectivity index (χ3n) is 4.45. The lowest BCUT2D eigenvalue weighted by Crippen LogP contribution is -2.41. The summed E-state index contributed by atoms with van der Waals surface area (Å²) in [5.74, 6) is 0.186. The number of nitrogens with one attached hydrogen (secondary N) is 1. The second-order valence-corrected chi connectivity index (χ2v) is 6.56. The second-order valence-electron chi connectivity index (χ2n) is 6.56. The molecule has 0 saturated heterocycles. The summed E-state index contributed by atoms with van der Waals surface area (Å²) in [5, 5.41) is 2.73. The van der Waals surface area contributed by atoms with Gasteiger partial charge in [-0.15, -0.1) is 0 Å². The Bertz CT molecular complexity index is 760. The van der Waals surface area contributed by atoms with Gasteiger partial charge >= 0.3 is 12.1 Å². The van der Waals surface area contributed by atoms with E-state index in [1.807, 2.05) is 49.4 Å². The van der Waals surface area contributed by atoms with Gasteiger partial charge in [0, 0.05) is 6.54 Å². The van der Waals surface area contributed by atoms with Gasteiger partial charge < -0.3 is 19.5 Å². The quantitative estimate of drug-likeness (QED) is 0.663. The monoisotopic (exact) mass is 385 g/mol. The van der Waals surface area contributed by atoms with Crippen molar-refractivity contribution >= 4 is 12.1 Å². The molecular weight excluding hydrogens is 358 g/mol. The molecule has 0 saturated carbocycles. The van der Waals surface area contributed by atoms with E-state index in [2.05, 4.69) is 5.32 Å². The van der Waals surface area contributed by atoms with E-state index in [-0.39, 0.29) is 6.61 Å². The van der Waals surface area contributed by atoms with Crippen molar-refractivity contribution in [2.75, 3.05) is 13.7 Å². The van der Waals surface area contributed by atoms with E-state index < -0.39 is 17.7 Å². The number of hydrogen-bond donors (Lipinski definition) is 1. The van der Waals surface area contributed by atoms with Gasteiger partial charge in [-0.1, -0.05) is 49.4 Å². The third kappa shape index (κ3) is 6.30. The number of methoxy groups -OCH3 is 1. The smallest absolute Gasteiger partial charge is 0.407 e. The van der Waals surface area contributed by atoms with Crippen LogP contribution in [0.2, 0.25) is 0 Å². The molecule has 0 heterocycles. The molecule has 0 aliphatic heterocycles. The van der Waals surface area contributed by atoms with Crippen molar-refractivity contribution in [2.24, 2.45) is 0 Å². The topological polar surface area (TPSA) is 73.9 Å². The zero-order valence-electron chi connectivity index (χ0n) is 16.6. The van der Waals surface area contributed by atoms with E-state index in [0.29, 0.717) is 25.1 Å². The van der Waals surface area contributed by atoms with Crippen LogP contribution in [0.5, 0.6) is 5.75 Å². The van der Waals surface area contributed by atoms with Gasteiger partial charge in [0.05, 0.1) is 7.11 Å². The van der Waals surface area contributed by atoms with Crippen molar-refractivity contribution in [3.63, 3.8) is 0 Å². The predicted octanol–water partition coefficient (Wildman–Crippen LogP) is 3.88. The number of ether oxygens (including phenoxy) is 3. The van der Waals surface area contributed by atoms with Crippen LogP contribution in [-0.4, -0.2) is 31.3 Å². The van der Waals surface area contributed by atoms with E-state index in [1.54, 1.807) is 19.1 Å². The van der Waals surface area contributed by atoms with Gasteiger partial charge in [-0.25, -0.2) is 9.59 Å². The molecular formula is C22H27NO5. The Morgan fingerprint density at radius 2 is 1.68 bits per heavy atom. The van der Waals surface area contributed by atoms with Crippen LogP contribution < -0.4 is 10.1 Å². The number of alkyl carbamates (subject to hydrolysis) is 1. The van der Waals surface area contributed by atoms with Gasteiger partial charge in [0.2, 0.25) is 5.60 Å². The Balaban J connectivity index is 1.76. The standard InChI is InChI=1S/C22H27NO5/c1-4-22(2,20(24)26-3)28-19-12-10-17(11-13-19)14-15-23-21(25)27-16-18-8-6-5-7-9-18/h5-13H,4,14-16H2,1-3H3,(H,23,25). The first-order valence-corrected chi connectivity index (χ1v) is 9.28. The Morgan fingerprint density at radius 3 is 2.29 bits per heavy atom. The highest BCUT2D eigenvalue weighted by Crippen LogP contribution is 2.23. The van der Waals surface area contributed by atoms with Gasteiger partial charge in [0.1, 0.15) is 12.4 Å². The lowest BCUT2D eigenvalue weighted by atomic mass is 10.0. The Labute approximate surface area is 165 Å². The van der Waals surface area contributed by atoms with E-state index >= 15 is 0 Å². The number of amides is 1. The normalized spacial score (nSPS) is 12.5. The summed E-state index contributed by atoms with van der Waals surface area (Å²) in [4.78, 5) is 23.6. The maximum atomic E-state index is 11.9. The van der Waals surface area contributed by atoms with Gasteiger partial charge in [0.25, 0.3) is 0 Å². The minimum atomic E-state index is -1.01. The van der Waals surface area contributed by atoms with E-state index in [1.165, 1.54) is 7.11 Å². The minimum Gasteiger partial charge on any atom is -0.476 e. The summed E-state index contributed by atoms with van der Waals surface area (Å²) in [6.07, 6.45) is 0.708. The van der Waals surface area contributed by atoms with E-state index in [4.69, 9.17) is 14.2 Å². The fourth-order valence-corrected chi connectivity index (χ4v) is 2.54. The highest BCUT2D eigenvalue weighted by atomic mass is 16.6. The summed E-state index contributed by atoms with van der Waals surface area (Å²) < 4.78 is 15.8. The van der Waals surface area contributed by atoms with Crippen LogP contribution in [0.4, 0.5) is 4.79 Å². The Hall–Kier alpha value is -3.02. The highest BCUT2D eigenvalue weighted by molar-refractivity contribution is 5.79. The summed E-state index contributed by atoms with van der Waals surface area (Å²) >= 11 is 0. The first-order valence-electron chi connectivity index (χ1n) is 9.28. The van der Waals surface area contributed by atoms with Crippen molar-refractivity contribution in [3.05, 3.63) is 65.7 Å². The average Bonchev–Trinajstić information content (AvgIpc) is 2.73. The molecule has 6 heteroatoms. The fraction of sp³-hybridized carbons (Fsp3) is 0.364. The number of carbonyl (C=O) groups is 2. The van der Waals surface area contributed by atoms with Gasteiger partial charge in [-0.05, 0) is 43.0 Å². The first-order chi connectivity index (χ1) is 13.5.